The molecule has 0 saturated carbocycles. The quantitative estimate of drug-likeness (QED) is 0.766. The number of hydrogen-bond donors (Lipinski definition) is 2. The summed E-state index contributed by atoms with van der Waals surface area (Å²) in [5.41, 5.74) is 1.97. The number of aliphatic hydroxyl groups excluding tert-OH is 1. The molecular formula is C19H26N4O. The van der Waals surface area contributed by atoms with E-state index in [9.17, 15) is 5.11 Å². The smallest absolute Gasteiger partial charge is 0.148 e. The number of rotatable bonds is 7. The molecule has 0 spiro atoms. The van der Waals surface area contributed by atoms with Gasteiger partial charge in [-0.3, -0.25) is 4.90 Å². The Balaban J connectivity index is 1.44. The fraction of sp³-hybridized carbons (Fsp3) is 0.474. The summed E-state index contributed by atoms with van der Waals surface area (Å²) < 4.78 is 0. The molecule has 1 aromatic carbocycles. The van der Waals surface area contributed by atoms with Gasteiger partial charge in [0.1, 0.15) is 5.82 Å². The van der Waals surface area contributed by atoms with Crippen molar-refractivity contribution in [3.63, 3.8) is 0 Å². The third-order valence-corrected chi connectivity index (χ3v) is 4.62. The highest BCUT2D eigenvalue weighted by Crippen LogP contribution is 2.17. The monoisotopic (exact) mass is 326 g/mol. The summed E-state index contributed by atoms with van der Waals surface area (Å²) in [6.07, 6.45) is 4.65. The highest BCUT2D eigenvalue weighted by molar-refractivity contribution is 5.59. The normalized spacial score (nSPS) is 18.5. The molecule has 0 aliphatic carbocycles. The second-order valence-corrected chi connectivity index (χ2v) is 6.32. The topological polar surface area (TPSA) is 61.3 Å². The third-order valence-electron chi connectivity index (χ3n) is 4.62. The minimum absolute atomic E-state index is 0.278. The van der Waals surface area contributed by atoms with Gasteiger partial charge in [0.25, 0.3) is 0 Å². The van der Waals surface area contributed by atoms with Crippen molar-refractivity contribution in [2.45, 2.75) is 31.7 Å². The Hall–Kier alpha value is -1.98. The Bertz CT molecular complexity index is 603. The Morgan fingerprint density at radius 2 is 1.96 bits per heavy atom. The van der Waals surface area contributed by atoms with Crippen molar-refractivity contribution in [1.29, 1.82) is 0 Å². The van der Waals surface area contributed by atoms with E-state index in [4.69, 9.17) is 0 Å². The maximum absolute atomic E-state index is 9.44. The van der Waals surface area contributed by atoms with Crippen LogP contribution in [0.1, 0.15) is 25.7 Å². The summed E-state index contributed by atoms with van der Waals surface area (Å²) in [5, 5.41) is 21.3. The van der Waals surface area contributed by atoms with Gasteiger partial charge in [-0.1, -0.05) is 36.8 Å². The largest absolute Gasteiger partial charge is 0.395 e. The number of nitrogens with zero attached hydrogens (tertiary/aromatic N) is 3. The van der Waals surface area contributed by atoms with E-state index in [1.54, 1.807) is 0 Å². The molecular weight excluding hydrogens is 300 g/mol. The van der Waals surface area contributed by atoms with Crippen LogP contribution in [0.15, 0.2) is 42.5 Å². The second kappa shape index (κ2) is 8.76. The molecule has 1 aromatic heterocycles. The fourth-order valence-electron chi connectivity index (χ4n) is 3.25. The predicted molar refractivity (Wildman–Crippen MR) is 96.9 cm³/mol. The summed E-state index contributed by atoms with van der Waals surface area (Å²) in [4.78, 5) is 2.41. The number of benzene rings is 1. The third kappa shape index (κ3) is 4.52. The number of piperidine rings is 1. The first-order valence-corrected chi connectivity index (χ1v) is 8.85. The molecule has 2 heterocycles. The molecule has 0 amide bonds. The number of aromatic nitrogens is 2. The molecule has 1 aliphatic rings. The molecule has 24 heavy (non-hydrogen) atoms. The van der Waals surface area contributed by atoms with Crippen LogP contribution in [-0.2, 0) is 0 Å². The van der Waals surface area contributed by atoms with Crippen molar-refractivity contribution in [3.8, 4) is 11.3 Å². The van der Waals surface area contributed by atoms with Crippen molar-refractivity contribution in [3.05, 3.63) is 42.5 Å². The lowest BCUT2D eigenvalue weighted by Crippen LogP contribution is -2.42. The van der Waals surface area contributed by atoms with E-state index in [-0.39, 0.29) is 6.61 Å². The molecule has 128 valence electrons. The summed E-state index contributed by atoms with van der Waals surface area (Å²) in [5.74, 6) is 0.812. The standard InChI is InChI=1S/C19H26N4O/c24-15-17-9-4-5-13-23(17)14-6-12-20-19-11-10-18(21-22-19)16-7-2-1-3-8-16/h1-3,7-8,10-11,17,24H,4-6,9,12-15H2,(H,20,22). The van der Waals surface area contributed by atoms with Crippen molar-refractivity contribution in [2.75, 3.05) is 31.6 Å². The van der Waals surface area contributed by atoms with Gasteiger partial charge in [-0.15, -0.1) is 10.2 Å². The maximum atomic E-state index is 9.44. The molecule has 0 radical (unpaired) electrons. The summed E-state index contributed by atoms with van der Waals surface area (Å²) in [7, 11) is 0. The highest BCUT2D eigenvalue weighted by atomic mass is 16.3. The van der Waals surface area contributed by atoms with E-state index in [0.29, 0.717) is 6.04 Å². The van der Waals surface area contributed by atoms with E-state index >= 15 is 0 Å². The molecule has 1 aliphatic heterocycles. The molecule has 3 rings (SSSR count). The minimum Gasteiger partial charge on any atom is -0.395 e. The zero-order chi connectivity index (χ0) is 16.6. The van der Waals surface area contributed by atoms with E-state index in [1.807, 2.05) is 42.5 Å². The Morgan fingerprint density at radius 3 is 2.71 bits per heavy atom. The van der Waals surface area contributed by atoms with Crippen molar-refractivity contribution < 1.29 is 5.11 Å². The SMILES string of the molecule is OCC1CCCCN1CCCNc1ccc(-c2ccccc2)nn1. The van der Waals surface area contributed by atoms with Gasteiger partial charge in [-0.25, -0.2) is 0 Å². The number of likely N-dealkylation sites (tertiary alicyclic amines) is 1. The molecule has 1 saturated heterocycles. The zero-order valence-corrected chi connectivity index (χ0v) is 14.1. The van der Waals surface area contributed by atoms with Gasteiger partial charge < -0.3 is 10.4 Å². The van der Waals surface area contributed by atoms with Gasteiger partial charge in [-0.05, 0) is 37.9 Å². The highest BCUT2D eigenvalue weighted by Gasteiger charge is 2.20. The van der Waals surface area contributed by atoms with E-state index in [1.165, 1.54) is 12.8 Å². The van der Waals surface area contributed by atoms with E-state index < -0.39 is 0 Å². The van der Waals surface area contributed by atoms with Crippen molar-refractivity contribution >= 4 is 5.82 Å². The first-order chi connectivity index (χ1) is 11.9. The summed E-state index contributed by atoms with van der Waals surface area (Å²) in [6.45, 7) is 3.28. The van der Waals surface area contributed by atoms with Crippen LogP contribution in [0.5, 0.6) is 0 Å². The first-order valence-electron chi connectivity index (χ1n) is 8.85. The van der Waals surface area contributed by atoms with Gasteiger partial charge in [0.05, 0.1) is 12.3 Å². The summed E-state index contributed by atoms with van der Waals surface area (Å²) >= 11 is 0. The first kappa shape index (κ1) is 16.9. The molecule has 0 bridgehead atoms. The Kier molecular flexibility index (Phi) is 6.15. The van der Waals surface area contributed by atoms with Crippen LogP contribution in [0.3, 0.4) is 0 Å². The number of aliphatic hydroxyl groups is 1. The van der Waals surface area contributed by atoms with Crippen LogP contribution in [-0.4, -0.2) is 52.5 Å². The molecule has 1 atom stereocenters. The lowest BCUT2D eigenvalue weighted by molar-refractivity contribution is 0.0901. The fourth-order valence-corrected chi connectivity index (χ4v) is 3.25. The lowest BCUT2D eigenvalue weighted by Gasteiger charge is -2.34. The molecule has 5 nitrogen and oxygen atoms in total. The minimum atomic E-state index is 0.278. The van der Waals surface area contributed by atoms with Crippen LogP contribution in [0.4, 0.5) is 5.82 Å². The molecule has 1 unspecified atom stereocenters. The van der Waals surface area contributed by atoms with Crippen LogP contribution < -0.4 is 5.32 Å². The van der Waals surface area contributed by atoms with Gasteiger partial charge in [-0.2, -0.15) is 0 Å². The number of hydrogen-bond acceptors (Lipinski definition) is 5. The van der Waals surface area contributed by atoms with Crippen molar-refractivity contribution in [1.82, 2.24) is 15.1 Å². The van der Waals surface area contributed by atoms with Crippen LogP contribution in [0.25, 0.3) is 11.3 Å². The number of nitrogens with one attached hydrogen (secondary N) is 1. The van der Waals surface area contributed by atoms with Gasteiger partial charge in [0.2, 0.25) is 0 Å². The van der Waals surface area contributed by atoms with Crippen molar-refractivity contribution in [2.24, 2.45) is 0 Å². The molecule has 2 aromatic rings. The summed E-state index contributed by atoms with van der Waals surface area (Å²) in [6, 6.07) is 14.4. The van der Waals surface area contributed by atoms with Gasteiger partial charge in [0.15, 0.2) is 0 Å². The number of anilines is 1. The Labute approximate surface area is 143 Å². The van der Waals surface area contributed by atoms with Crippen LogP contribution >= 0.6 is 0 Å². The van der Waals surface area contributed by atoms with E-state index in [2.05, 4.69) is 20.4 Å². The molecule has 2 N–H and O–H groups in total. The second-order valence-electron chi connectivity index (χ2n) is 6.32. The van der Waals surface area contributed by atoms with Gasteiger partial charge >= 0.3 is 0 Å². The van der Waals surface area contributed by atoms with Crippen LogP contribution in [0, 0.1) is 0 Å². The Morgan fingerprint density at radius 1 is 1.08 bits per heavy atom. The van der Waals surface area contributed by atoms with Crippen LogP contribution in [0.2, 0.25) is 0 Å². The van der Waals surface area contributed by atoms with E-state index in [0.717, 1.165) is 49.6 Å². The predicted octanol–water partition coefficient (Wildman–Crippen LogP) is 2.79. The molecule has 5 heteroatoms. The van der Waals surface area contributed by atoms with Gasteiger partial charge in [0, 0.05) is 24.7 Å². The average molecular weight is 326 g/mol. The molecule has 1 fully saturated rings. The lowest BCUT2D eigenvalue weighted by atomic mass is 10.0. The maximum Gasteiger partial charge on any atom is 0.148 e. The average Bonchev–Trinajstić information content (AvgIpc) is 2.67. The zero-order valence-electron chi connectivity index (χ0n) is 14.1.